The van der Waals surface area contributed by atoms with Gasteiger partial charge >= 0.3 is 0 Å². The molecule has 0 heterocycles. The van der Waals surface area contributed by atoms with Crippen LogP contribution in [0.1, 0.15) is 61.4 Å². The number of rotatable bonds is 10. The molecule has 3 rings (SSSR count). The average molecular weight is 439 g/mol. The van der Waals surface area contributed by atoms with Crippen molar-refractivity contribution in [2.75, 3.05) is 12.3 Å². The van der Waals surface area contributed by atoms with Gasteiger partial charge < -0.3 is 10.6 Å². The van der Waals surface area contributed by atoms with E-state index in [4.69, 9.17) is 0 Å². The number of nitrogens with one attached hydrogen (secondary N) is 2. The first-order valence-electron chi connectivity index (χ1n) is 11.4. The molecule has 1 fully saturated rings. The second-order valence-electron chi connectivity index (χ2n) is 8.49. The maximum atomic E-state index is 12.8. The summed E-state index contributed by atoms with van der Waals surface area (Å²) < 4.78 is 0. The average Bonchev–Trinajstić information content (AvgIpc) is 2.81. The van der Waals surface area contributed by atoms with Crippen LogP contribution in [-0.4, -0.2) is 30.2 Å². The lowest BCUT2D eigenvalue weighted by Gasteiger charge is -2.21. The van der Waals surface area contributed by atoms with E-state index in [1.807, 2.05) is 49.4 Å². The van der Waals surface area contributed by atoms with Crippen molar-refractivity contribution in [2.45, 2.75) is 62.8 Å². The number of carbonyl (C=O) groups excluding carboxylic acids is 2. The number of amides is 2. The molecule has 1 atom stereocenters. The van der Waals surface area contributed by atoms with Crippen LogP contribution in [0.15, 0.2) is 59.5 Å². The molecular formula is C26H34N2O2S. The Morgan fingerprint density at radius 3 is 2.48 bits per heavy atom. The Hall–Kier alpha value is -2.27. The molecule has 1 unspecified atom stereocenters. The molecule has 2 aromatic carbocycles. The van der Waals surface area contributed by atoms with Crippen LogP contribution in [0, 0.1) is 5.92 Å². The number of hydrogen-bond acceptors (Lipinski definition) is 3. The fourth-order valence-electron chi connectivity index (χ4n) is 4.03. The van der Waals surface area contributed by atoms with Gasteiger partial charge in [0, 0.05) is 17.5 Å². The van der Waals surface area contributed by atoms with E-state index >= 15 is 0 Å². The van der Waals surface area contributed by atoms with Gasteiger partial charge in [0.05, 0.1) is 11.3 Å². The van der Waals surface area contributed by atoms with Crippen LogP contribution in [0.2, 0.25) is 0 Å². The Kier molecular flexibility index (Phi) is 9.47. The highest BCUT2D eigenvalue weighted by atomic mass is 32.2. The zero-order valence-electron chi connectivity index (χ0n) is 18.4. The van der Waals surface area contributed by atoms with Gasteiger partial charge in [-0.1, -0.05) is 61.7 Å². The molecular weight excluding hydrogens is 404 g/mol. The molecule has 2 aromatic rings. The number of carbonyl (C=O) groups is 2. The van der Waals surface area contributed by atoms with Crippen molar-refractivity contribution < 1.29 is 9.59 Å². The van der Waals surface area contributed by atoms with Gasteiger partial charge in [0.15, 0.2) is 0 Å². The van der Waals surface area contributed by atoms with Crippen molar-refractivity contribution in [3.05, 3.63) is 65.7 Å². The summed E-state index contributed by atoms with van der Waals surface area (Å²) in [6, 6.07) is 17.9. The number of thioether (sulfide) groups is 1. The molecule has 0 aliphatic heterocycles. The first-order chi connectivity index (χ1) is 15.1. The normalized spacial score (nSPS) is 15.3. The highest BCUT2D eigenvalue weighted by Gasteiger charge is 2.17. The van der Waals surface area contributed by atoms with Gasteiger partial charge in [0.2, 0.25) is 5.91 Å². The van der Waals surface area contributed by atoms with Gasteiger partial charge in [0.25, 0.3) is 5.91 Å². The van der Waals surface area contributed by atoms with Crippen molar-refractivity contribution >= 4 is 23.6 Å². The third kappa shape index (κ3) is 8.06. The molecule has 166 valence electrons. The Balaban J connectivity index is 1.45. The van der Waals surface area contributed by atoms with Crippen molar-refractivity contribution in [1.29, 1.82) is 0 Å². The van der Waals surface area contributed by atoms with Crippen LogP contribution in [0.5, 0.6) is 0 Å². The van der Waals surface area contributed by atoms with Gasteiger partial charge in [-0.15, -0.1) is 11.8 Å². The summed E-state index contributed by atoms with van der Waals surface area (Å²) in [6.07, 6.45) is 8.14. The van der Waals surface area contributed by atoms with Crippen LogP contribution in [0.25, 0.3) is 0 Å². The molecule has 1 aliphatic rings. The molecule has 4 nitrogen and oxygen atoms in total. The molecule has 0 spiro atoms. The molecule has 2 N–H and O–H groups in total. The molecule has 1 saturated carbocycles. The Morgan fingerprint density at radius 2 is 1.71 bits per heavy atom. The van der Waals surface area contributed by atoms with Gasteiger partial charge in [-0.3, -0.25) is 9.59 Å². The monoisotopic (exact) mass is 438 g/mol. The van der Waals surface area contributed by atoms with Crippen molar-refractivity contribution in [3.8, 4) is 0 Å². The largest absolute Gasteiger partial charge is 0.355 e. The molecule has 2 amide bonds. The SMILES string of the molecule is CC(CCc1ccccc1)NC(=O)c1ccccc1SCC(=O)NCC1CCCCC1. The Morgan fingerprint density at radius 1 is 1.00 bits per heavy atom. The highest BCUT2D eigenvalue weighted by molar-refractivity contribution is 8.00. The van der Waals surface area contributed by atoms with Crippen LogP contribution >= 0.6 is 11.8 Å². The highest BCUT2D eigenvalue weighted by Crippen LogP contribution is 2.24. The van der Waals surface area contributed by atoms with E-state index in [1.54, 1.807) is 0 Å². The summed E-state index contributed by atoms with van der Waals surface area (Å²) in [7, 11) is 0. The number of hydrogen-bond donors (Lipinski definition) is 2. The molecule has 0 bridgehead atoms. The number of aryl methyl sites for hydroxylation is 1. The fraction of sp³-hybridized carbons (Fsp3) is 0.462. The summed E-state index contributed by atoms with van der Waals surface area (Å²) in [5, 5.41) is 6.19. The van der Waals surface area contributed by atoms with Crippen molar-refractivity contribution in [2.24, 2.45) is 5.92 Å². The van der Waals surface area contributed by atoms with Crippen LogP contribution in [0.3, 0.4) is 0 Å². The van der Waals surface area contributed by atoms with E-state index in [2.05, 4.69) is 22.8 Å². The van der Waals surface area contributed by atoms with Crippen LogP contribution < -0.4 is 10.6 Å². The van der Waals surface area contributed by atoms with E-state index in [-0.39, 0.29) is 17.9 Å². The summed E-state index contributed by atoms with van der Waals surface area (Å²) in [4.78, 5) is 26.0. The molecule has 5 heteroatoms. The third-order valence-electron chi connectivity index (χ3n) is 5.89. The zero-order chi connectivity index (χ0) is 21.9. The second kappa shape index (κ2) is 12.6. The summed E-state index contributed by atoms with van der Waals surface area (Å²) in [5.74, 6) is 0.923. The van der Waals surface area contributed by atoms with Crippen LogP contribution in [0.4, 0.5) is 0 Å². The predicted molar refractivity (Wildman–Crippen MR) is 128 cm³/mol. The van der Waals surface area contributed by atoms with E-state index in [0.717, 1.165) is 24.3 Å². The Labute approximate surface area is 190 Å². The standard InChI is InChI=1S/C26H34N2O2S/c1-20(16-17-21-10-4-2-5-11-21)28-26(30)23-14-8-9-15-24(23)31-19-25(29)27-18-22-12-6-3-7-13-22/h2,4-5,8-11,14-15,20,22H,3,6-7,12-13,16-19H2,1H3,(H,27,29)(H,28,30). The third-order valence-corrected chi connectivity index (χ3v) is 6.96. The second-order valence-corrected chi connectivity index (χ2v) is 9.51. The lowest BCUT2D eigenvalue weighted by atomic mass is 9.89. The minimum absolute atomic E-state index is 0.0435. The zero-order valence-corrected chi connectivity index (χ0v) is 19.3. The minimum atomic E-state index is -0.0775. The first kappa shape index (κ1) is 23.4. The molecule has 0 radical (unpaired) electrons. The van der Waals surface area contributed by atoms with Gasteiger partial charge in [0.1, 0.15) is 0 Å². The van der Waals surface area contributed by atoms with Crippen LogP contribution in [-0.2, 0) is 11.2 Å². The van der Waals surface area contributed by atoms with Gasteiger partial charge in [-0.25, -0.2) is 0 Å². The van der Waals surface area contributed by atoms with E-state index < -0.39 is 0 Å². The summed E-state index contributed by atoms with van der Waals surface area (Å²) >= 11 is 1.43. The predicted octanol–water partition coefficient (Wildman–Crippen LogP) is 5.23. The molecule has 0 saturated heterocycles. The fourth-order valence-corrected chi connectivity index (χ4v) is 4.91. The minimum Gasteiger partial charge on any atom is -0.355 e. The first-order valence-corrected chi connectivity index (χ1v) is 12.4. The lowest BCUT2D eigenvalue weighted by Crippen LogP contribution is -2.33. The molecule has 31 heavy (non-hydrogen) atoms. The maximum absolute atomic E-state index is 12.8. The number of benzene rings is 2. The smallest absolute Gasteiger partial charge is 0.252 e. The quantitative estimate of drug-likeness (QED) is 0.500. The lowest BCUT2D eigenvalue weighted by molar-refractivity contribution is -0.118. The van der Waals surface area contributed by atoms with E-state index in [9.17, 15) is 9.59 Å². The maximum Gasteiger partial charge on any atom is 0.252 e. The topological polar surface area (TPSA) is 58.2 Å². The summed E-state index contributed by atoms with van der Waals surface area (Å²) in [6.45, 7) is 2.82. The van der Waals surface area contributed by atoms with Gasteiger partial charge in [-0.05, 0) is 56.2 Å². The van der Waals surface area contributed by atoms with Gasteiger partial charge in [-0.2, -0.15) is 0 Å². The van der Waals surface area contributed by atoms with Crippen molar-refractivity contribution in [3.63, 3.8) is 0 Å². The van der Waals surface area contributed by atoms with Crippen molar-refractivity contribution in [1.82, 2.24) is 10.6 Å². The molecule has 0 aromatic heterocycles. The summed E-state index contributed by atoms with van der Waals surface area (Å²) in [5.41, 5.74) is 1.91. The Bertz CT molecular complexity index is 834. The van der Waals surface area contributed by atoms with E-state index in [1.165, 1.54) is 49.4 Å². The van der Waals surface area contributed by atoms with E-state index in [0.29, 0.717) is 17.2 Å². The molecule has 1 aliphatic carbocycles.